The number of hydrogen-bond acceptors (Lipinski definition) is 5. The molecule has 20 heavy (non-hydrogen) atoms. The maximum atomic E-state index is 13.6. The lowest BCUT2D eigenvalue weighted by atomic mass is 10.1. The van der Waals surface area contributed by atoms with Gasteiger partial charge in [0, 0.05) is 41.2 Å². The maximum Gasteiger partial charge on any atom is 0.270 e. The van der Waals surface area contributed by atoms with Crippen LogP contribution in [0.2, 0.25) is 0 Å². The van der Waals surface area contributed by atoms with Crippen LogP contribution in [0, 0.1) is 15.9 Å². The van der Waals surface area contributed by atoms with Gasteiger partial charge < -0.3 is 5.32 Å². The van der Waals surface area contributed by atoms with E-state index in [0.717, 1.165) is 35.5 Å². The molecule has 0 bridgehead atoms. The van der Waals surface area contributed by atoms with Gasteiger partial charge in [-0.1, -0.05) is 0 Å². The summed E-state index contributed by atoms with van der Waals surface area (Å²) in [4.78, 5) is 21.9. The number of benzene rings is 1. The second-order valence-electron chi connectivity index (χ2n) is 4.20. The van der Waals surface area contributed by atoms with Crippen LogP contribution in [0.4, 0.5) is 10.1 Å². The zero-order valence-electron chi connectivity index (χ0n) is 10.5. The Hall–Kier alpha value is -1.28. The van der Waals surface area contributed by atoms with Gasteiger partial charge >= 0.3 is 0 Å². The van der Waals surface area contributed by atoms with E-state index in [0.29, 0.717) is 11.8 Å². The summed E-state index contributed by atoms with van der Waals surface area (Å²) >= 11 is 3.60. The molecule has 0 spiro atoms. The van der Waals surface area contributed by atoms with Crippen LogP contribution in [-0.4, -0.2) is 39.9 Å². The summed E-state index contributed by atoms with van der Waals surface area (Å²) < 4.78 is 13.6. The van der Waals surface area contributed by atoms with Crippen LogP contribution in [-0.2, 0) is 0 Å². The van der Waals surface area contributed by atoms with Crippen LogP contribution in [0.15, 0.2) is 18.2 Å². The Morgan fingerprint density at radius 1 is 1.50 bits per heavy atom. The molecule has 1 atom stereocenters. The summed E-state index contributed by atoms with van der Waals surface area (Å²) in [6.07, 6.45) is 0. The number of hydrogen-bond donors (Lipinski definition) is 1. The number of nitrogens with zero attached hydrogens (tertiary/aromatic N) is 1. The normalized spacial score (nSPS) is 18.6. The highest BCUT2D eigenvalue weighted by molar-refractivity contribution is 8.06. The number of amides is 1. The molecule has 5 nitrogen and oxygen atoms in total. The fraction of sp³-hybridized carbons (Fsp3) is 0.417. The molecule has 1 aliphatic rings. The Balaban J connectivity index is 2.00. The maximum absolute atomic E-state index is 13.6. The molecular formula is C12H13FN2O3S2. The smallest absolute Gasteiger partial charge is 0.270 e. The molecular weight excluding hydrogens is 303 g/mol. The molecule has 0 radical (unpaired) electrons. The van der Waals surface area contributed by atoms with Crippen molar-refractivity contribution in [2.24, 2.45) is 0 Å². The second-order valence-corrected chi connectivity index (χ2v) is 6.76. The highest BCUT2D eigenvalue weighted by Crippen LogP contribution is 2.23. The van der Waals surface area contributed by atoms with Crippen molar-refractivity contribution in [3.8, 4) is 0 Å². The molecule has 1 aliphatic heterocycles. The van der Waals surface area contributed by atoms with Crippen molar-refractivity contribution >= 4 is 35.1 Å². The van der Waals surface area contributed by atoms with Crippen LogP contribution >= 0.6 is 23.5 Å². The minimum Gasteiger partial charge on any atom is -0.351 e. The van der Waals surface area contributed by atoms with E-state index < -0.39 is 16.6 Å². The number of nitrogens with one attached hydrogen (secondary N) is 1. The topological polar surface area (TPSA) is 72.2 Å². The third-order valence-electron chi connectivity index (χ3n) is 2.78. The number of thioether (sulfide) groups is 2. The van der Waals surface area contributed by atoms with Crippen molar-refractivity contribution in [3.63, 3.8) is 0 Å². The number of nitro benzene ring substituents is 1. The molecule has 1 saturated heterocycles. The Morgan fingerprint density at radius 3 is 2.95 bits per heavy atom. The van der Waals surface area contributed by atoms with Crippen LogP contribution in [0.25, 0.3) is 0 Å². The van der Waals surface area contributed by atoms with Crippen LogP contribution in [0.3, 0.4) is 0 Å². The zero-order chi connectivity index (χ0) is 14.5. The molecule has 8 heteroatoms. The zero-order valence-corrected chi connectivity index (χ0v) is 12.1. The van der Waals surface area contributed by atoms with E-state index in [4.69, 9.17) is 0 Å². The highest BCUT2D eigenvalue weighted by atomic mass is 32.2. The molecule has 1 fully saturated rings. The number of carbonyl (C=O) groups excluding carboxylic acids is 1. The molecule has 1 aromatic carbocycles. The number of halogens is 1. The number of nitro groups is 1. The van der Waals surface area contributed by atoms with Crippen molar-refractivity contribution in [2.45, 2.75) is 5.25 Å². The van der Waals surface area contributed by atoms with Crippen molar-refractivity contribution in [1.29, 1.82) is 0 Å². The predicted octanol–water partition coefficient (Wildman–Crippen LogP) is 2.31. The van der Waals surface area contributed by atoms with Crippen molar-refractivity contribution in [3.05, 3.63) is 39.7 Å². The Labute approximate surface area is 123 Å². The molecule has 108 valence electrons. The quantitative estimate of drug-likeness (QED) is 0.682. The summed E-state index contributed by atoms with van der Waals surface area (Å²) in [5, 5.41) is 13.6. The third kappa shape index (κ3) is 3.86. The van der Waals surface area contributed by atoms with Crippen molar-refractivity contribution in [1.82, 2.24) is 5.32 Å². The molecule has 0 aliphatic carbocycles. The van der Waals surface area contributed by atoms with Gasteiger partial charge in [0.1, 0.15) is 5.82 Å². The minimum atomic E-state index is -0.751. The summed E-state index contributed by atoms with van der Waals surface area (Å²) in [6.45, 7) is 0.443. The van der Waals surface area contributed by atoms with Gasteiger partial charge in [-0.2, -0.15) is 23.5 Å². The lowest BCUT2D eigenvalue weighted by Crippen LogP contribution is -2.33. The van der Waals surface area contributed by atoms with Crippen LogP contribution in [0.5, 0.6) is 0 Å². The standard InChI is InChI=1S/C12H13FN2O3S2/c13-11-2-1-8(15(17)18)5-10(11)12(16)14-6-9-7-19-3-4-20-9/h1-2,5,9H,3-4,6-7H2,(H,14,16). The Kier molecular flexibility index (Phi) is 5.24. The monoisotopic (exact) mass is 316 g/mol. The largest absolute Gasteiger partial charge is 0.351 e. The average Bonchev–Trinajstić information content (AvgIpc) is 2.46. The summed E-state index contributed by atoms with van der Waals surface area (Å²) in [5.41, 5.74) is -0.577. The van der Waals surface area contributed by atoms with Gasteiger partial charge in [0.2, 0.25) is 0 Å². The van der Waals surface area contributed by atoms with Gasteiger partial charge in [-0.25, -0.2) is 4.39 Å². The molecule has 1 heterocycles. The van der Waals surface area contributed by atoms with E-state index in [-0.39, 0.29) is 11.3 Å². The van der Waals surface area contributed by atoms with Crippen molar-refractivity contribution in [2.75, 3.05) is 23.8 Å². The summed E-state index contributed by atoms with van der Waals surface area (Å²) in [5.74, 6) is 1.73. The molecule has 2 rings (SSSR count). The highest BCUT2D eigenvalue weighted by Gasteiger charge is 2.19. The van der Waals surface area contributed by atoms with E-state index in [1.165, 1.54) is 0 Å². The van der Waals surface area contributed by atoms with Gasteiger partial charge in [0.05, 0.1) is 10.5 Å². The fourth-order valence-corrected chi connectivity index (χ4v) is 4.37. The summed E-state index contributed by atoms with van der Waals surface area (Å²) in [7, 11) is 0. The SMILES string of the molecule is O=C(NCC1CSCCS1)c1cc([N+](=O)[O-])ccc1F. The van der Waals surface area contributed by atoms with Crippen molar-refractivity contribution < 1.29 is 14.1 Å². The van der Waals surface area contributed by atoms with E-state index in [1.807, 2.05) is 11.8 Å². The van der Waals surface area contributed by atoms with E-state index >= 15 is 0 Å². The Morgan fingerprint density at radius 2 is 2.30 bits per heavy atom. The lowest BCUT2D eigenvalue weighted by molar-refractivity contribution is -0.384. The first kappa shape index (κ1) is 15.1. The number of carbonyl (C=O) groups is 1. The van der Waals surface area contributed by atoms with Crippen LogP contribution < -0.4 is 5.32 Å². The van der Waals surface area contributed by atoms with E-state index in [1.54, 1.807) is 11.8 Å². The minimum absolute atomic E-state index is 0.285. The second kappa shape index (κ2) is 6.94. The van der Waals surface area contributed by atoms with Gasteiger partial charge in [-0.15, -0.1) is 0 Å². The first-order valence-electron chi connectivity index (χ1n) is 5.99. The van der Waals surface area contributed by atoms with Gasteiger partial charge in [-0.05, 0) is 6.07 Å². The molecule has 0 aromatic heterocycles. The predicted molar refractivity (Wildman–Crippen MR) is 79.0 cm³/mol. The van der Waals surface area contributed by atoms with E-state index in [2.05, 4.69) is 5.32 Å². The molecule has 1 unspecified atom stereocenters. The molecule has 1 N–H and O–H groups in total. The number of rotatable bonds is 4. The Bertz CT molecular complexity index is 521. The lowest BCUT2D eigenvalue weighted by Gasteiger charge is -2.21. The summed E-state index contributed by atoms with van der Waals surface area (Å²) in [6, 6.07) is 2.95. The van der Waals surface area contributed by atoms with Gasteiger partial charge in [0.15, 0.2) is 0 Å². The fourth-order valence-electron chi connectivity index (χ4n) is 1.76. The van der Waals surface area contributed by atoms with Crippen LogP contribution in [0.1, 0.15) is 10.4 Å². The molecule has 0 saturated carbocycles. The molecule has 1 amide bonds. The number of non-ortho nitro benzene ring substituents is 1. The first-order valence-corrected chi connectivity index (χ1v) is 8.20. The third-order valence-corrected chi connectivity index (χ3v) is 5.63. The van der Waals surface area contributed by atoms with E-state index in [9.17, 15) is 19.3 Å². The average molecular weight is 316 g/mol. The van der Waals surface area contributed by atoms with Gasteiger partial charge in [0.25, 0.3) is 11.6 Å². The first-order chi connectivity index (χ1) is 9.58. The molecule has 1 aromatic rings. The van der Waals surface area contributed by atoms with Gasteiger partial charge in [-0.3, -0.25) is 14.9 Å².